The highest BCUT2D eigenvalue weighted by Gasteiger charge is 2.30. The molecule has 1 aliphatic heterocycles. The van der Waals surface area contributed by atoms with Crippen molar-refractivity contribution >= 4 is 22.2 Å². The number of aliphatic hydroxyl groups is 1. The third-order valence-corrected chi connectivity index (χ3v) is 5.73. The third kappa shape index (κ3) is 2.87. The summed E-state index contributed by atoms with van der Waals surface area (Å²) in [5.41, 5.74) is 2.24. The van der Waals surface area contributed by atoms with E-state index in [1.54, 1.807) is 23.2 Å². The maximum Gasteiger partial charge on any atom is 0.256 e. The number of carbonyl (C=O) groups excluding carboxylic acids is 1. The molecule has 1 amide bonds. The quantitative estimate of drug-likeness (QED) is 0.578. The van der Waals surface area contributed by atoms with Gasteiger partial charge in [-0.05, 0) is 42.5 Å². The van der Waals surface area contributed by atoms with Gasteiger partial charge in [-0.15, -0.1) is 0 Å². The summed E-state index contributed by atoms with van der Waals surface area (Å²) < 4.78 is 15.3. The number of halogens is 1. The minimum Gasteiger partial charge on any atom is -0.394 e. The van der Waals surface area contributed by atoms with E-state index in [1.165, 1.54) is 12.1 Å². The van der Waals surface area contributed by atoms with Crippen molar-refractivity contribution in [3.63, 3.8) is 0 Å². The topological polar surface area (TPSA) is 57.8 Å². The normalized spacial score (nSPS) is 16.8. The number of hydrogen-bond donors (Lipinski definition) is 1. The SMILES string of the molecule is O=C(c1cn2c(-c3ccc(F)cc3)ncc2c2ccccc12)N1CCC[C@@H]1CO. The van der Waals surface area contributed by atoms with E-state index in [0.29, 0.717) is 17.9 Å². The molecule has 0 bridgehead atoms. The van der Waals surface area contributed by atoms with E-state index in [0.717, 1.165) is 34.7 Å². The fourth-order valence-corrected chi connectivity index (χ4v) is 4.26. The Morgan fingerprint density at radius 2 is 1.90 bits per heavy atom. The van der Waals surface area contributed by atoms with E-state index in [4.69, 9.17) is 0 Å². The summed E-state index contributed by atoms with van der Waals surface area (Å²) in [6, 6.07) is 13.8. The van der Waals surface area contributed by atoms with Gasteiger partial charge in [0, 0.05) is 23.7 Å². The van der Waals surface area contributed by atoms with E-state index < -0.39 is 0 Å². The second-order valence-corrected chi connectivity index (χ2v) is 7.41. The lowest BCUT2D eigenvalue weighted by Gasteiger charge is -2.24. The number of benzene rings is 2. The molecule has 0 aliphatic carbocycles. The van der Waals surface area contributed by atoms with Gasteiger partial charge in [-0.3, -0.25) is 9.20 Å². The van der Waals surface area contributed by atoms with Crippen LogP contribution in [0.15, 0.2) is 60.9 Å². The Morgan fingerprint density at radius 1 is 1.14 bits per heavy atom. The zero-order valence-corrected chi connectivity index (χ0v) is 15.8. The van der Waals surface area contributed by atoms with Crippen LogP contribution in [0.5, 0.6) is 0 Å². The molecule has 0 radical (unpaired) electrons. The Labute approximate surface area is 167 Å². The van der Waals surface area contributed by atoms with Crippen LogP contribution in [0.4, 0.5) is 4.39 Å². The number of pyridine rings is 1. The Kier molecular flexibility index (Phi) is 4.28. The molecule has 1 saturated heterocycles. The summed E-state index contributed by atoms with van der Waals surface area (Å²) in [5, 5.41) is 11.4. The van der Waals surface area contributed by atoms with Crippen molar-refractivity contribution in [2.75, 3.05) is 13.2 Å². The molecule has 0 saturated carbocycles. The standard InChI is InChI=1S/C23H20FN3O2/c24-16-9-7-15(8-10-16)22-25-12-21-19-6-2-1-5-18(19)20(13-27(21)22)23(29)26-11-3-4-17(26)14-28/h1-2,5-10,12-13,17,28H,3-4,11,14H2/t17-/m1/s1. The third-order valence-electron chi connectivity index (χ3n) is 5.73. The molecule has 2 aromatic heterocycles. The molecule has 146 valence electrons. The second kappa shape index (κ2) is 6.97. The van der Waals surface area contributed by atoms with Crippen LogP contribution in [0.3, 0.4) is 0 Å². The number of nitrogens with zero attached hydrogens (tertiary/aromatic N) is 3. The number of amides is 1. The highest BCUT2D eigenvalue weighted by atomic mass is 19.1. The van der Waals surface area contributed by atoms with E-state index in [2.05, 4.69) is 4.98 Å². The number of rotatable bonds is 3. The van der Waals surface area contributed by atoms with Crippen LogP contribution in [0.25, 0.3) is 27.7 Å². The highest BCUT2D eigenvalue weighted by Crippen LogP contribution is 2.30. The predicted octanol–water partition coefficient (Wildman–Crippen LogP) is 3.89. The van der Waals surface area contributed by atoms with Gasteiger partial charge in [0.25, 0.3) is 5.91 Å². The first-order valence-corrected chi connectivity index (χ1v) is 9.74. The van der Waals surface area contributed by atoms with Crippen molar-refractivity contribution < 1.29 is 14.3 Å². The molecule has 5 rings (SSSR count). The largest absolute Gasteiger partial charge is 0.394 e. The monoisotopic (exact) mass is 389 g/mol. The Balaban J connectivity index is 1.73. The van der Waals surface area contributed by atoms with Crippen LogP contribution in [0.1, 0.15) is 23.2 Å². The minimum atomic E-state index is -0.306. The number of hydrogen-bond acceptors (Lipinski definition) is 3. The Hall–Kier alpha value is -3.25. The first-order chi connectivity index (χ1) is 14.2. The highest BCUT2D eigenvalue weighted by molar-refractivity contribution is 6.11. The van der Waals surface area contributed by atoms with Gasteiger partial charge in [-0.1, -0.05) is 24.3 Å². The lowest BCUT2D eigenvalue weighted by molar-refractivity contribution is 0.0679. The summed E-state index contributed by atoms with van der Waals surface area (Å²) >= 11 is 0. The molecule has 0 unspecified atom stereocenters. The molecule has 6 heteroatoms. The predicted molar refractivity (Wildman–Crippen MR) is 109 cm³/mol. The van der Waals surface area contributed by atoms with Crippen LogP contribution in [0, 0.1) is 5.82 Å². The number of aromatic nitrogens is 2. The van der Waals surface area contributed by atoms with Crippen LogP contribution in [0.2, 0.25) is 0 Å². The second-order valence-electron chi connectivity index (χ2n) is 7.41. The molecular weight excluding hydrogens is 369 g/mol. The lowest BCUT2D eigenvalue weighted by atomic mass is 10.0. The molecule has 1 atom stereocenters. The molecule has 4 aromatic rings. The van der Waals surface area contributed by atoms with Crippen molar-refractivity contribution in [3.05, 3.63) is 72.3 Å². The first-order valence-electron chi connectivity index (χ1n) is 9.74. The molecule has 2 aromatic carbocycles. The summed E-state index contributed by atoms with van der Waals surface area (Å²) in [6.45, 7) is 0.614. The van der Waals surface area contributed by atoms with E-state index in [9.17, 15) is 14.3 Å². The van der Waals surface area contributed by atoms with Gasteiger partial charge < -0.3 is 10.0 Å². The fourth-order valence-electron chi connectivity index (χ4n) is 4.26. The summed E-state index contributed by atoms with van der Waals surface area (Å²) in [5.74, 6) is 0.262. The molecule has 3 heterocycles. The van der Waals surface area contributed by atoms with Gasteiger partial charge in [-0.2, -0.15) is 0 Å². The zero-order chi connectivity index (χ0) is 20.0. The van der Waals surface area contributed by atoms with Crippen LogP contribution >= 0.6 is 0 Å². The summed E-state index contributed by atoms with van der Waals surface area (Å²) in [7, 11) is 0. The summed E-state index contributed by atoms with van der Waals surface area (Å²) in [6.07, 6.45) is 5.30. The van der Waals surface area contributed by atoms with E-state index in [-0.39, 0.29) is 24.4 Å². The lowest BCUT2D eigenvalue weighted by Crippen LogP contribution is -2.37. The molecule has 1 fully saturated rings. The minimum absolute atomic E-state index is 0.0299. The Morgan fingerprint density at radius 3 is 2.66 bits per heavy atom. The van der Waals surface area contributed by atoms with Gasteiger partial charge in [0.1, 0.15) is 11.6 Å². The number of fused-ring (bicyclic) bond motifs is 3. The van der Waals surface area contributed by atoms with Gasteiger partial charge in [-0.25, -0.2) is 9.37 Å². The average molecular weight is 389 g/mol. The molecule has 29 heavy (non-hydrogen) atoms. The smallest absolute Gasteiger partial charge is 0.256 e. The number of imidazole rings is 1. The van der Waals surface area contributed by atoms with Gasteiger partial charge in [0.05, 0.1) is 29.9 Å². The van der Waals surface area contributed by atoms with E-state index >= 15 is 0 Å². The molecule has 0 spiro atoms. The van der Waals surface area contributed by atoms with Crippen molar-refractivity contribution in [1.82, 2.24) is 14.3 Å². The number of carbonyl (C=O) groups is 1. The molecule has 5 nitrogen and oxygen atoms in total. The van der Waals surface area contributed by atoms with Crippen LogP contribution < -0.4 is 0 Å². The van der Waals surface area contributed by atoms with Crippen molar-refractivity contribution in [3.8, 4) is 11.4 Å². The molecular formula is C23H20FN3O2. The zero-order valence-electron chi connectivity index (χ0n) is 15.8. The van der Waals surface area contributed by atoms with Crippen molar-refractivity contribution in [1.29, 1.82) is 0 Å². The maximum absolute atomic E-state index is 13.4. The number of likely N-dealkylation sites (tertiary alicyclic amines) is 1. The summed E-state index contributed by atoms with van der Waals surface area (Å²) in [4.78, 5) is 19.7. The molecule has 1 N–H and O–H groups in total. The fraction of sp³-hybridized carbons (Fsp3) is 0.217. The van der Waals surface area contributed by atoms with Gasteiger partial charge in [0.2, 0.25) is 0 Å². The van der Waals surface area contributed by atoms with E-state index in [1.807, 2.05) is 34.9 Å². The number of aliphatic hydroxyl groups excluding tert-OH is 1. The average Bonchev–Trinajstić information content (AvgIpc) is 3.40. The molecule has 1 aliphatic rings. The maximum atomic E-state index is 13.4. The van der Waals surface area contributed by atoms with Crippen molar-refractivity contribution in [2.45, 2.75) is 18.9 Å². The van der Waals surface area contributed by atoms with Crippen LogP contribution in [-0.2, 0) is 0 Å². The first kappa shape index (κ1) is 17.8. The van der Waals surface area contributed by atoms with Crippen molar-refractivity contribution in [2.24, 2.45) is 0 Å². The van der Waals surface area contributed by atoms with Gasteiger partial charge in [0.15, 0.2) is 0 Å². The van der Waals surface area contributed by atoms with Gasteiger partial charge >= 0.3 is 0 Å². The van der Waals surface area contributed by atoms with Crippen LogP contribution in [-0.4, -0.2) is 44.5 Å². The Bertz CT molecular complexity index is 1220.